The Balaban J connectivity index is 1.63. The molecule has 1 N–H and O–H groups in total. The van der Waals surface area contributed by atoms with E-state index in [4.69, 9.17) is 10.00 Å². The van der Waals surface area contributed by atoms with Crippen molar-refractivity contribution in [2.45, 2.75) is 26.4 Å². The van der Waals surface area contributed by atoms with Gasteiger partial charge in [-0.05, 0) is 30.4 Å². The zero-order valence-electron chi connectivity index (χ0n) is 15.3. The number of thiophene rings is 1. The van der Waals surface area contributed by atoms with Crippen LogP contribution < -0.4 is 5.32 Å². The van der Waals surface area contributed by atoms with Gasteiger partial charge in [0.1, 0.15) is 16.1 Å². The summed E-state index contributed by atoms with van der Waals surface area (Å²) >= 11 is 2.57. The quantitative estimate of drug-likeness (QED) is 0.603. The molecular formula is C20H17N3O3S2. The largest absolute Gasteiger partial charge is 0.448 e. The van der Waals surface area contributed by atoms with Crippen LogP contribution >= 0.6 is 22.7 Å². The predicted octanol–water partition coefficient (Wildman–Crippen LogP) is 4.49. The first-order valence-electron chi connectivity index (χ1n) is 8.56. The van der Waals surface area contributed by atoms with E-state index < -0.39 is 18.0 Å². The number of hydrogen-bond acceptors (Lipinski definition) is 7. The summed E-state index contributed by atoms with van der Waals surface area (Å²) in [7, 11) is 0. The maximum atomic E-state index is 12.3. The number of aryl methyl sites for hydroxylation is 1. The third-order valence-electron chi connectivity index (χ3n) is 4.00. The van der Waals surface area contributed by atoms with Crippen molar-refractivity contribution < 1.29 is 14.3 Å². The van der Waals surface area contributed by atoms with Crippen LogP contribution in [0, 0.1) is 11.3 Å². The lowest BCUT2D eigenvalue weighted by atomic mass is 10.1. The Labute approximate surface area is 170 Å². The molecule has 0 saturated heterocycles. The van der Waals surface area contributed by atoms with Gasteiger partial charge in [-0.25, -0.2) is 9.78 Å². The van der Waals surface area contributed by atoms with Crippen molar-refractivity contribution in [3.63, 3.8) is 0 Å². The Morgan fingerprint density at radius 1 is 1.25 bits per heavy atom. The Bertz CT molecular complexity index is 1030. The predicted molar refractivity (Wildman–Crippen MR) is 109 cm³/mol. The lowest BCUT2D eigenvalue weighted by Gasteiger charge is -2.12. The van der Waals surface area contributed by atoms with E-state index in [2.05, 4.69) is 17.2 Å². The zero-order valence-corrected chi connectivity index (χ0v) is 16.9. The minimum atomic E-state index is -1.02. The summed E-state index contributed by atoms with van der Waals surface area (Å²) in [6.45, 7) is 3.56. The number of esters is 1. The number of anilines is 1. The number of nitriles is 1. The molecule has 1 aromatic carbocycles. The highest BCUT2D eigenvalue weighted by Crippen LogP contribution is 2.25. The first kappa shape index (κ1) is 19.7. The number of rotatable bonds is 6. The Hall–Kier alpha value is -3.02. The van der Waals surface area contributed by atoms with E-state index in [1.54, 1.807) is 16.8 Å². The van der Waals surface area contributed by atoms with Crippen molar-refractivity contribution in [2.24, 2.45) is 0 Å². The van der Waals surface area contributed by atoms with Gasteiger partial charge in [0.25, 0.3) is 5.91 Å². The molecule has 142 valence electrons. The molecule has 2 aromatic heterocycles. The lowest BCUT2D eigenvalue weighted by molar-refractivity contribution is -0.123. The van der Waals surface area contributed by atoms with Crippen molar-refractivity contribution in [3.05, 3.63) is 57.9 Å². The topological polar surface area (TPSA) is 92.1 Å². The van der Waals surface area contributed by atoms with Crippen molar-refractivity contribution in [2.75, 3.05) is 5.32 Å². The van der Waals surface area contributed by atoms with Crippen LogP contribution in [0.5, 0.6) is 0 Å². The van der Waals surface area contributed by atoms with Crippen LogP contribution in [-0.4, -0.2) is 23.0 Å². The highest BCUT2D eigenvalue weighted by atomic mass is 32.1. The number of amides is 1. The fourth-order valence-corrected chi connectivity index (χ4v) is 3.90. The van der Waals surface area contributed by atoms with Crippen LogP contribution in [-0.2, 0) is 16.0 Å². The summed E-state index contributed by atoms with van der Waals surface area (Å²) in [5, 5.41) is 16.1. The van der Waals surface area contributed by atoms with Crippen molar-refractivity contribution in [3.8, 4) is 16.6 Å². The van der Waals surface area contributed by atoms with E-state index in [0.29, 0.717) is 15.6 Å². The van der Waals surface area contributed by atoms with Crippen LogP contribution in [0.15, 0.2) is 41.1 Å². The molecule has 0 fully saturated rings. The van der Waals surface area contributed by atoms with Gasteiger partial charge in [0.05, 0.1) is 5.56 Å². The molecule has 0 spiro atoms. The summed E-state index contributed by atoms with van der Waals surface area (Å²) in [6.07, 6.45) is -0.0630. The van der Waals surface area contributed by atoms with Gasteiger partial charge in [-0.2, -0.15) is 5.26 Å². The maximum absolute atomic E-state index is 12.3. The third kappa shape index (κ3) is 4.44. The number of carbonyl (C=O) groups is 2. The molecule has 1 atom stereocenters. The van der Waals surface area contributed by atoms with Crippen LogP contribution in [0.3, 0.4) is 0 Å². The van der Waals surface area contributed by atoms with Gasteiger partial charge in [-0.15, -0.1) is 22.7 Å². The van der Waals surface area contributed by atoms with Gasteiger partial charge in [0.2, 0.25) is 0 Å². The first-order chi connectivity index (χ1) is 13.5. The van der Waals surface area contributed by atoms with E-state index >= 15 is 0 Å². The van der Waals surface area contributed by atoms with Gasteiger partial charge < -0.3 is 10.1 Å². The van der Waals surface area contributed by atoms with Crippen molar-refractivity contribution in [1.29, 1.82) is 5.26 Å². The van der Waals surface area contributed by atoms with E-state index in [1.807, 2.05) is 30.3 Å². The summed E-state index contributed by atoms with van der Waals surface area (Å²) in [5.74, 6) is -1.17. The number of thiazole rings is 1. The summed E-state index contributed by atoms with van der Waals surface area (Å²) in [4.78, 5) is 28.9. The number of aromatic nitrogens is 1. The minimum absolute atomic E-state index is 0.160. The van der Waals surface area contributed by atoms with Crippen molar-refractivity contribution >= 4 is 39.6 Å². The summed E-state index contributed by atoms with van der Waals surface area (Å²) < 4.78 is 5.22. The molecule has 28 heavy (non-hydrogen) atoms. The molecule has 0 bridgehead atoms. The monoisotopic (exact) mass is 411 g/mol. The fourth-order valence-electron chi connectivity index (χ4n) is 2.37. The molecule has 0 aliphatic carbocycles. The molecule has 2 heterocycles. The normalized spacial score (nSPS) is 11.5. The highest BCUT2D eigenvalue weighted by molar-refractivity contribution is 7.14. The van der Waals surface area contributed by atoms with Gasteiger partial charge in [-0.3, -0.25) is 4.79 Å². The third-order valence-corrected chi connectivity index (χ3v) is 5.72. The van der Waals surface area contributed by atoms with E-state index in [9.17, 15) is 9.59 Å². The average molecular weight is 412 g/mol. The number of benzene rings is 1. The minimum Gasteiger partial charge on any atom is -0.448 e. The van der Waals surface area contributed by atoms with Gasteiger partial charge in [0, 0.05) is 10.9 Å². The lowest BCUT2D eigenvalue weighted by Crippen LogP contribution is -2.30. The van der Waals surface area contributed by atoms with Crippen LogP contribution in [0.25, 0.3) is 10.6 Å². The Kier molecular flexibility index (Phi) is 6.19. The van der Waals surface area contributed by atoms with Gasteiger partial charge in [0.15, 0.2) is 11.8 Å². The highest BCUT2D eigenvalue weighted by Gasteiger charge is 2.22. The second-order valence-electron chi connectivity index (χ2n) is 5.90. The number of hydrogen-bond donors (Lipinski definition) is 1. The number of nitrogens with zero attached hydrogens (tertiary/aromatic N) is 2. The number of carbonyl (C=O) groups excluding carboxylic acids is 2. The smallest absolute Gasteiger partial charge is 0.358 e. The molecule has 3 aromatic rings. The maximum Gasteiger partial charge on any atom is 0.358 e. The average Bonchev–Trinajstić information content (AvgIpc) is 3.37. The molecule has 0 aliphatic rings. The van der Waals surface area contributed by atoms with Gasteiger partial charge in [-0.1, -0.05) is 31.2 Å². The van der Waals surface area contributed by atoms with E-state index in [0.717, 1.165) is 12.0 Å². The second-order valence-corrected chi connectivity index (χ2v) is 7.67. The molecule has 3 rings (SSSR count). The van der Waals surface area contributed by atoms with Crippen LogP contribution in [0.1, 0.15) is 35.5 Å². The number of ether oxygens (including phenoxy) is 1. The van der Waals surface area contributed by atoms with Gasteiger partial charge >= 0.3 is 5.97 Å². The second kappa shape index (κ2) is 8.78. The standard InChI is InChI=1S/C20H17N3O3S2/c1-3-13-4-6-14(7-5-13)18-22-16(11-28-18)20(25)26-12(2)17(24)23-19-15(10-21)8-9-27-19/h4-9,11-12H,3H2,1-2H3,(H,23,24)/t12-/m1/s1. The SMILES string of the molecule is CCc1ccc(-c2nc(C(=O)O[C@H](C)C(=O)Nc3sccc3C#N)cs2)cc1. The molecule has 1 amide bonds. The Morgan fingerprint density at radius 3 is 2.68 bits per heavy atom. The fraction of sp³-hybridized carbons (Fsp3) is 0.200. The van der Waals surface area contributed by atoms with Crippen molar-refractivity contribution in [1.82, 2.24) is 4.98 Å². The molecule has 6 nitrogen and oxygen atoms in total. The summed E-state index contributed by atoms with van der Waals surface area (Å²) in [5.41, 5.74) is 2.68. The molecule has 0 unspecified atom stereocenters. The molecule has 0 radical (unpaired) electrons. The molecule has 8 heteroatoms. The first-order valence-corrected chi connectivity index (χ1v) is 10.3. The van der Waals surface area contributed by atoms with Crippen LogP contribution in [0.4, 0.5) is 5.00 Å². The Morgan fingerprint density at radius 2 is 2.00 bits per heavy atom. The van der Waals surface area contributed by atoms with Crippen LogP contribution in [0.2, 0.25) is 0 Å². The zero-order chi connectivity index (χ0) is 20.1. The molecule has 0 aliphatic heterocycles. The summed E-state index contributed by atoms with van der Waals surface area (Å²) in [6, 6.07) is 11.6. The molecular weight excluding hydrogens is 394 g/mol. The van der Waals surface area contributed by atoms with E-state index in [1.165, 1.54) is 35.2 Å². The number of nitrogens with one attached hydrogen (secondary N) is 1. The van der Waals surface area contributed by atoms with E-state index in [-0.39, 0.29) is 5.69 Å². The molecule has 0 saturated carbocycles.